The Labute approximate surface area is 126 Å². The maximum atomic E-state index is 11.6. The molecule has 7 heteroatoms. The summed E-state index contributed by atoms with van der Waals surface area (Å²) in [6.07, 6.45) is 0.513. The predicted octanol–water partition coefficient (Wildman–Crippen LogP) is 1.27. The van der Waals surface area contributed by atoms with Crippen LogP contribution in [-0.2, 0) is 11.2 Å². The fraction of sp³-hybridized carbons (Fsp3) is 0.357. The van der Waals surface area contributed by atoms with Crippen molar-refractivity contribution in [3.63, 3.8) is 0 Å². The number of halogens is 1. The van der Waals surface area contributed by atoms with Gasteiger partial charge in [0.25, 0.3) is 0 Å². The number of nitrogens with one attached hydrogen (secondary N) is 2. The molecule has 0 saturated carbocycles. The number of hydrogen-bond acceptors (Lipinski definition) is 5. The molecule has 6 nitrogen and oxygen atoms in total. The van der Waals surface area contributed by atoms with Gasteiger partial charge in [0.1, 0.15) is 0 Å². The van der Waals surface area contributed by atoms with Crippen LogP contribution >= 0.6 is 11.6 Å². The molecule has 1 aliphatic heterocycles. The average molecular weight is 307 g/mol. The van der Waals surface area contributed by atoms with E-state index in [-0.39, 0.29) is 11.8 Å². The normalized spacial score (nSPS) is 14.7. The van der Waals surface area contributed by atoms with Crippen LogP contribution in [-0.4, -0.2) is 35.7 Å². The number of hydrogen-bond donors (Lipinski definition) is 2. The third kappa shape index (κ3) is 3.40. The van der Waals surface area contributed by atoms with E-state index in [1.165, 1.54) is 0 Å². The Hall–Kier alpha value is -1.92. The first-order valence-electron chi connectivity index (χ1n) is 6.79. The van der Waals surface area contributed by atoms with Crippen molar-refractivity contribution in [2.75, 3.05) is 19.6 Å². The van der Waals surface area contributed by atoms with E-state index >= 15 is 0 Å². The smallest absolute Gasteiger partial charge is 0.228 e. The molecule has 1 aromatic heterocycles. The molecule has 110 valence electrons. The van der Waals surface area contributed by atoms with E-state index in [1.807, 2.05) is 12.1 Å². The highest BCUT2D eigenvalue weighted by atomic mass is 35.5. The number of carbonyl (C=O) groups is 1. The van der Waals surface area contributed by atoms with Crippen LogP contribution in [0.15, 0.2) is 28.8 Å². The molecule has 2 heterocycles. The van der Waals surface area contributed by atoms with Gasteiger partial charge in [0.2, 0.25) is 17.6 Å². The number of nitrogens with zero attached hydrogens (tertiary/aromatic N) is 2. The fourth-order valence-corrected chi connectivity index (χ4v) is 2.20. The maximum Gasteiger partial charge on any atom is 0.228 e. The van der Waals surface area contributed by atoms with Gasteiger partial charge in [0.15, 0.2) is 0 Å². The molecule has 1 aromatic carbocycles. The summed E-state index contributed by atoms with van der Waals surface area (Å²) < 4.78 is 5.17. The highest BCUT2D eigenvalue weighted by Gasteiger charge is 2.24. The molecule has 0 bridgehead atoms. The molecular formula is C14H15ClN4O2. The van der Waals surface area contributed by atoms with Crippen LogP contribution < -0.4 is 10.6 Å². The summed E-state index contributed by atoms with van der Waals surface area (Å²) in [5, 5.41) is 10.5. The van der Waals surface area contributed by atoms with Crippen molar-refractivity contribution in [3.05, 3.63) is 35.2 Å². The van der Waals surface area contributed by atoms with Crippen LogP contribution in [0, 0.1) is 5.92 Å². The zero-order valence-corrected chi connectivity index (χ0v) is 12.1. The molecule has 2 aromatic rings. The summed E-state index contributed by atoms with van der Waals surface area (Å²) in [7, 11) is 0. The third-order valence-corrected chi connectivity index (χ3v) is 3.58. The topological polar surface area (TPSA) is 80.1 Å². The SMILES string of the molecule is O=C(NCCc1nc(-c2cccc(Cl)c2)no1)C1CNC1. The Kier molecular flexibility index (Phi) is 4.17. The second-order valence-electron chi connectivity index (χ2n) is 4.92. The summed E-state index contributed by atoms with van der Waals surface area (Å²) in [6.45, 7) is 2.00. The van der Waals surface area contributed by atoms with Gasteiger partial charge < -0.3 is 15.2 Å². The quantitative estimate of drug-likeness (QED) is 0.869. The van der Waals surface area contributed by atoms with Crippen molar-refractivity contribution in [1.29, 1.82) is 0 Å². The lowest BCUT2D eigenvalue weighted by Crippen LogP contribution is -2.51. The van der Waals surface area contributed by atoms with E-state index < -0.39 is 0 Å². The second-order valence-corrected chi connectivity index (χ2v) is 5.35. The molecule has 3 rings (SSSR count). The molecule has 0 spiro atoms. The zero-order chi connectivity index (χ0) is 14.7. The van der Waals surface area contributed by atoms with Crippen LogP contribution in [0.5, 0.6) is 0 Å². The van der Waals surface area contributed by atoms with Crippen molar-refractivity contribution in [3.8, 4) is 11.4 Å². The summed E-state index contributed by atoms with van der Waals surface area (Å²) >= 11 is 5.93. The molecule has 1 fully saturated rings. The highest BCUT2D eigenvalue weighted by Crippen LogP contribution is 2.19. The molecule has 1 amide bonds. The van der Waals surface area contributed by atoms with Crippen molar-refractivity contribution in [2.24, 2.45) is 5.92 Å². The van der Waals surface area contributed by atoms with Crippen LogP contribution in [0.3, 0.4) is 0 Å². The van der Waals surface area contributed by atoms with E-state index in [0.717, 1.165) is 18.7 Å². The van der Waals surface area contributed by atoms with Crippen LogP contribution in [0.4, 0.5) is 0 Å². The van der Waals surface area contributed by atoms with Gasteiger partial charge >= 0.3 is 0 Å². The summed E-state index contributed by atoms with van der Waals surface area (Å²) in [5.41, 5.74) is 0.807. The van der Waals surface area contributed by atoms with E-state index in [4.69, 9.17) is 16.1 Å². The lowest BCUT2D eigenvalue weighted by molar-refractivity contribution is -0.126. The first kappa shape index (κ1) is 14.0. The van der Waals surface area contributed by atoms with Gasteiger partial charge in [-0.25, -0.2) is 0 Å². The third-order valence-electron chi connectivity index (χ3n) is 3.34. The molecule has 0 unspecified atom stereocenters. The van der Waals surface area contributed by atoms with Gasteiger partial charge in [-0.15, -0.1) is 0 Å². The molecule has 1 aliphatic rings. The van der Waals surface area contributed by atoms with E-state index in [9.17, 15) is 4.79 Å². The summed E-state index contributed by atoms with van der Waals surface area (Å²) in [5.74, 6) is 1.16. The van der Waals surface area contributed by atoms with Crippen molar-refractivity contribution < 1.29 is 9.32 Å². The number of carbonyl (C=O) groups excluding carboxylic acids is 1. The number of aromatic nitrogens is 2. The highest BCUT2D eigenvalue weighted by molar-refractivity contribution is 6.30. The Morgan fingerprint density at radius 2 is 2.33 bits per heavy atom. The number of amides is 1. The minimum atomic E-state index is 0.0725. The van der Waals surface area contributed by atoms with Crippen molar-refractivity contribution >= 4 is 17.5 Å². The molecule has 0 atom stereocenters. The standard InChI is InChI=1S/C14H15ClN4O2/c15-11-3-1-2-9(6-11)13-18-12(21-19-13)4-5-17-14(20)10-7-16-8-10/h1-3,6,10,16H,4-5,7-8H2,(H,17,20). The first-order valence-corrected chi connectivity index (χ1v) is 7.17. The van der Waals surface area contributed by atoms with E-state index in [2.05, 4.69) is 20.8 Å². The molecule has 21 heavy (non-hydrogen) atoms. The van der Waals surface area contributed by atoms with Gasteiger partial charge in [-0.3, -0.25) is 4.79 Å². The Morgan fingerprint density at radius 1 is 1.48 bits per heavy atom. The Bertz CT molecular complexity index is 639. The van der Waals surface area contributed by atoms with Crippen LogP contribution in [0.2, 0.25) is 5.02 Å². The summed E-state index contributed by atoms with van der Waals surface area (Å²) in [6, 6.07) is 7.27. The van der Waals surface area contributed by atoms with Gasteiger partial charge in [-0.1, -0.05) is 28.9 Å². The minimum absolute atomic E-state index is 0.0725. The molecule has 2 N–H and O–H groups in total. The average Bonchev–Trinajstić information content (AvgIpc) is 2.85. The number of rotatable bonds is 5. The fourth-order valence-electron chi connectivity index (χ4n) is 2.01. The van der Waals surface area contributed by atoms with E-state index in [0.29, 0.717) is 29.7 Å². The van der Waals surface area contributed by atoms with Crippen molar-refractivity contribution in [2.45, 2.75) is 6.42 Å². The first-order chi connectivity index (χ1) is 10.2. The molecule has 1 saturated heterocycles. The maximum absolute atomic E-state index is 11.6. The molecule has 0 aliphatic carbocycles. The molecule has 0 radical (unpaired) electrons. The lowest BCUT2D eigenvalue weighted by Gasteiger charge is -2.25. The van der Waals surface area contributed by atoms with Gasteiger partial charge in [-0.05, 0) is 12.1 Å². The van der Waals surface area contributed by atoms with Crippen LogP contribution in [0.25, 0.3) is 11.4 Å². The summed E-state index contributed by atoms with van der Waals surface area (Å²) in [4.78, 5) is 15.9. The largest absolute Gasteiger partial charge is 0.355 e. The monoisotopic (exact) mass is 306 g/mol. The van der Waals surface area contributed by atoms with Crippen molar-refractivity contribution in [1.82, 2.24) is 20.8 Å². The Morgan fingerprint density at radius 3 is 3.05 bits per heavy atom. The Balaban J connectivity index is 1.54. The van der Waals surface area contributed by atoms with E-state index in [1.54, 1.807) is 12.1 Å². The van der Waals surface area contributed by atoms with Gasteiger partial charge in [-0.2, -0.15) is 4.98 Å². The molecular weight excluding hydrogens is 292 g/mol. The predicted molar refractivity (Wildman–Crippen MR) is 77.8 cm³/mol. The van der Waals surface area contributed by atoms with Gasteiger partial charge in [0.05, 0.1) is 5.92 Å². The number of benzene rings is 1. The zero-order valence-electron chi connectivity index (χ0n) is 11.3. The second kappa shape index (κ2) is 6.24. The van der Waals surface area contributed by atoms with Gasteiger partial charge in [0, 0.05) is 36.6 Å². The van der Waals surface area contributed by atoms with Crippen LogP contribution in [0.1, 0.15) is 5.89 Å². The lowest BCUT2D eigenvalue weighted by atomic mass is 10.0. The minimum Gasteiger partial charge on any atom is -0.355 e.